The first kappa shape index (κ1) is 21.7. The van der Waals surface area contributed by atoms with E-state index in [9.17, 15) is 5.11 Å². The van der Waals surface area contributed by atoms with E-state index >= 15 is 0 Å². The molecule has 29 heavy (non-hydrogen) atoms. The Morgan fingerprint density at radius 2 is 1.86 bits per heavy atom. The minimum Gasteiger partial charge on any atom is -0.393 e. The quantitative estimate of drug-likeness (QED) is 0.474. The Hall–Kier alpha value is -0.560. The van der Waals surface area contributed by atoms with Gasteiger partial charge in [0.15, 0.2) is 0 Å². The Kier molecular flexibility index (Phi) is 5.86. The zero-order chi connectivity index (χ0) is 21.0. The van der Waals surface area contributed by atoms with Crippen molar-refractivity contribution in [2.24, 2.45) is 46.3 Å². The van der Waals surface area contributed by atoms with E-state index < -0.39 is 0 Å². The lowest BCUT2D eigenvalue weighted by molar-refractivity contribution is -0.0547. The van der Waals surface area contributed by atoms with Crippen molar-refractivity contribution < 1.29 is 5.11 Å². The third-order valence-electron chi connectivity index (χ3n) is 10.4. The summed E-state index contributed by atoms with van der Waals surface area (Å²) < 4.78 is 0. The molecule has 0 aromatic carbocycles. The van der Waals surface area contributed by atoms with Crippen LogP contribution in [-0.2, 0) is 0 Å². The van der Waals surface area contributed by atoms with Gasteiger partial charge in [0.2, 0.25) is 0 Å². The summed E-state index contributed by atoms with van der Waals surface area (Å²) >= 11 is 0. The molecule has 0 aromatic rings. The number of aliphatic hydroxyl groups is 1. The number of allylic oxidation sites excluding steroid dienone is 2. The monoisotopic (exact) mass is 398 g/mol. The topological polar surface area (TPSA) is 20.2 Å². The van der Waals surface area contributed by atoms with Gasteiger partial charge in [0.1, 0.15) is 0 Å². The number of rotatable bonds is 5. The van der Waals surface area contributed by atoms with Gasteiger partial charge < -0.3 is 5.11 Å². The fraction of sp³-hybridized carbons (Fsp3) is 0.857. The highest BCUT2D eigenvalue weighted by Crippen LogP contribution is 2.67. The number of fused-ring (bicyclic) bond motifs is 5. The van der Waals surface area contributed by atoms with Gasteiger partial charge in [-0.05, 0) is 111 Å². The fourth-order valence-corrected chi connectivity index (χ4v) is 8.49. The molecule has 0 aliphatic heterocycles. The molecule has 4 rings (SSSR count). The summed E-state index contributed by atoms with van der Waals surface area (Å²) in [5, 5.41) is 10.2. The van der Waals surface area contributed by atoms with Crippen LogP contribution in [0.15, 0.2) is 23.8 Å². The molecular weight excluding hydrogens is 352 g/mol. The van der Waals surface area contributed by atoms with Gasteiger partial charge in [-0.25, -0.2) is 0 Å². The molecule has 0 aromatic heterocycles. The average Bonchev–Trinajstić information content (AvgIpc) is 3.03. The molecule has 0 saturated heterocycles. The summed E-state index contributed by atoms with van der Waals surface area (Å²) in [4.78, 5) is 0. The first-order valence-electron chi connectivity index (χ1n) is 12.7. The van der Waals surface area contributed by atoms with Crippen LogP contribution in [0.25, 0.3) is 0 Å². The van der Waals surface area contributed by atoms with E-state index in [0.29, 0.717) is 16.7 Å². The minimum atomic E-state index is -0.0895. The predicted octanol–water partition coefficient (Wildman–Crippen LogP) is 7.55. The standard InChI is InChI=1S/C28H46O/c1-18(2)7-8-19(3)20(4)24-11-12-25-23-10-9-21-17-22(29)13-15-27(21,5)26(23)14-16-28(24,25)6/h9,18,20,22-26,29H,3,7-8,10-17H2,1-2,4-6H3/t20-,22?,23+,24-,25+,26+,27+,28-/m1/s1. The van der Waals surface area contributed by atoms with Crippen LogP contribution in [0.2, 0.25) is 0 Å². The van der Waals surface area contributed by atoms with Gasteiger partial charge in [-0.3, -0.25) is 0 Å². The summed E-state index contributed by atoms with van der Waals surface area (Å²) in [7, 11) is 0. The molecule has 8 atom stereocenters. The molecule has 1 N–H and O–H groups in total. The zero-order valence-electron chi connectivity index (χ0n) is 19.8. The van der Waals surface area contributed by atoms with Crippen molar-refractivity contribution in [1.82, 2.24) is 0 Å². The molecule has 3 fully saturated rings. The van der Waals surface area contributed by atoms with Gasteiger partial charge in [0.25, 0.3) is 0 Å². The van der Waals surface area contributed by atoms with E-state index in [1.54, 1.807) is 5.57 Å². The summed E-state index contributed by atoms with van der Waals surface area (Å²) in [6.07, 6.45) is 15.1. The van der Waals surface area contributed by atoms with Gasteiger partial charge in [-0.15, -0.1) is 0 Å². The lowest BCUT2D eigenvalue weighted by Crippen LogP contribution is -2.50. The molecule has 1 nitrogen and oxygen atoms in total. The molecule has 1 unspecified atom stereocenters. The molecule has 1 heteroatoms. The van der Waals surface area contributed by atoms with Crippen molar-refractivity contribution >= 4 is 0 Å². The van der Waals surface area contributed by atoms with Gasteiger partial charge in [0.05, 0.1) is 6.10 Å². The van der Waals surface area contributed by atoms with E-state index in [0.717, 1.165) is 42.4 Å². The van der Waals surface area contributed by atoms with Crippen LogP contribution in [0.3, 0.4) is 0 Å². The highest BCUT2D eigenvalue weighted by Gasteiger charge is 2.59. The normalized spacial score (nSPS) is 45.2. The molecular formula is C28H46O. The molecule has 3 saturated carbocycles. The lowest BCUT2D eigenvalue weighted by atomic mass is 9.47. The SMILES string of the molecule is C=C(CCC(C)C)[C@@H](C)[C@H]1CC[C@H]2[C@@H]3CC=C4CC(O)CC[C@]4(C)[C@H]3CC[C@]12C. The first-order chi connectivity index (χ1) is 13.7. The fourth-order valence-electron chi connectivity index (χ4n) is 8.49. The third kappa shape index (κ3) is 3.58. The maximum absolute atomic E-state index is 10.2. The molecule has 0 bridgehead atoms. The molecule has 164 valence electrons. The van der Waals surface area contributed by atoms with Crippen LogP contribution < -0.4 is 0 Å². The van der Waals surface area contributed by atoms with Crippen molar-refractivity contribution in [2.75, 3.05) is 0 Å². The maximum Gasteiger partial charge on any atom is 0.0577 e. The zero-order valence-corrected chi connectivity index (χ0v) is 19.8. The maximum atomic E-state index is 10.2. The van der Waals surface area contributed by atoms with Crippen molar-refractivity contribution in [3.8, 4) is 0 Å². The van der Waals surface area contributed by atoms with Crippen LogP contribution >= 0.6 is 0 Å². The summed E-state index contributed by atoms with van der Waals surface area (Å²) in [5.41, 5.74) is 4.00. The second-order valence-corrected chi connectivity index (χ2v) is 12.3. The smallest absolute Gasteiger partial charge is 0.0577 e. The average molecular weight is 399 g/mol. The number of aliphatic hydroxyl groups excluding tert-OH is 1. The molecule has 4 aliphatic carbocycles. The molecule has 0 heterocycles. The lowest BCUT2D eigenvalue weighted by Gasteiger charge is -2.58. The van der Waals surface area contributed by atoms with Gasteiger partial charge in [-0.2, -0.15) is 0 Å². The first-order valence-corrected chi connectivity index (χ1v) is 12.7. The molecule has 0 amide bonds. The van der Waals surface area contributed by atoms with Crippen LogP contribution in [0, 0.1) is 46.3 Å². The van der Waals surface area contributed by atoms with E-state index in [1.165, 1.54) is 56.9 Å². The Balaban J connectivity index is 1.52. The molecule has 4 aliphatic rings. The van der Waals surface area contributed by atoms with Crippen LogP contribution in [0.4, 0.5) is 0 Å². The van der Waals surface area contributed by atoms with Crippen LogP contribution in [-0.4, -0.2) is 11.2 Å². The van der Waals surface area contributed by atoms with E-state index in [-0.39, 0.29) is 6.10 Å². The second kappa shape index (κ2) is 7.85. The number of hydrogen-bond acceptors (Lipinski definition) is 1. The second-order valence-electron chi connectivity index (χ2n) is 12.3. The predicted molar refractivity (Wildman–Crippen MR) is 124 cm³/mol. The minimum absolute atomic E-state index is 0.0895. The Morgan fingerprint density at radius 3 is 2.59 bits per heavy atom. The van der Waals surface area contributed by atoms with Gasteiger partial charge in [-0.1, -0.05) is 58.4 Å². The van der Waals surface area contributed by atoms with Crippen LogP contribution in [0.1, 0.15) is 98.8 Å². The summed E-state index contributed by atoms with van der Waals surface area (Å²) in [6.45, 7) is 16.9. The van der Waals surface area contributed by atoms with Gasteiger partial charge in [0, 0.05) is 0 Å². The largest absolute Gasteiger partial charge is 0.393 e. The van der Waals surface area contributed by atoms with Gasteiger partial charge >= 0.3 is 0 Å². The van der Waals surface area contributed by atoms with Crippen molar-refractivity contribution in [2.45, 2.75) is 105 Å². The van der Waals surface area contributed by atoms with E-state index in [1.807, 2.05) is 0 Å². The summed E-state index contributed by atoms with van der Waals surface area (Å²) in [6, 6.07) is 0. The Labute approximate surface area is 180 Å². The Bertz CT molecular complexity index is 659. The molecule has 0 radical (unpaired) electrons. The van der Waals surface area contributed by atoms with E-state index in [4.69, 9.17) is 0 Å². The number of hydrogen-bond donors (Lipinski definition) is 1. The van der Waals surface area contributed by atoms with Crippen molar-refractivity contribution in [1.29, 1.82) is 0 Å². The van der Waals surface area contributed by atoms with Crippen LogP contribution in [0.5, 0.6) is 0 Å². The highest BCUT2D eigenvalue weighted by atomic mass is 16.3. The van der Waals surface area contributed by atoms with Crippen molar-refractivity contribution in [3.63, 3.8) is 0 Å². The van der Waals surface area contributed by atoms with Crippen molar-refractivity contribution in [3.05, 3.63) is 23.8 Å². The summed E-state index contributed by atoms with van der Waals surface area (Å²) in [5.74, 6) is 4.91. The third-order valence-corrected chi connectivity index (χ3v) is 10.4. The molecule has 0 spiro atoms. The highest BCUT2D eigenvalue weighted by molar-refractivity contribution is 5.25. The van der Waals surface area contributed by atoms with E-state index in [2.05, 4.69) is 47.3 Å². The Morgan fingerprint density at radius 1 is 1.10 bits per heavy atom.